The van der Waals surface area contributed by atoms with Crippen LogP contribution in [0.4, 0.5) is 0 Å². The van der Waals surface area contributed by atoms with Gasteiger partial charge < -0.3 is 0 Å². The topological polar surface area (TPSA) is 25.8 Å². The minimum Gasteiger partial charge on any atom is -0.261 e. The number of rotatable bonds is 11. The zero-order valence-corrected chi connectivity index (χ0v) is 13.7. The molecule has 0 unspecified atom stereocenters. The normalized spacial score (nSPS) is 11.2. The second kappa shape index (κ2) is 10.8. The second-order valence-corrected chi connectivity index (χ2v) is 5.87. The molecule has 0 aliphatic carbocycles. The molecule has 0 saturated heterocycles. The molecule has 1 aromatic rings. The Hall–Kier alpha value is -0.920. The first-order valence-corrected chi connectivity index (χ1v) is 8.62. The van der Waals surface area contributed by atoms with E-state index in [0.29, 0.717) is 5.92 Å². The average Bonchev–Trinajstić information content (AvgIpc) is 2.48. The van der Waals surface area contributed by atoms with E-state index in [1.165, 1.54) is 69.2 Å². The van der Waals surface area contributed by atoms with Crippen molar-refractivity contribution in [3.63, 3.8) is 0 Å². The van der Waals surface area contributed by atoms with E-state index in [0.717, 1.165) is 6.42 Å². The van der Waals surface area contributed by atoms with Crippen LogP contribution in [0.3, 0.4) is 0 Å². The van der Waals surface area contributed by atoms with Crippen LogP contribution in [0.1, 0.15) is 95.9 Å². The van der Waals surface area contributed by atoms with Crippen molar-refractivity contribution in [2.45, 2.75) is 90.9 Å². The maximum absolute atomic E-state index is 4.89. The molecule has 1 heterocycles. The van der Waals surface area contributed by atoms with Crippen LogP contribution in [0.5, 0.6) is 0 Å². The molecule has 0 fully saturated rings. The van der Waals surface area contributed by atoms with Crippen LogP contribution in [0.15, 0.2) is 12.4 Å². The van der Waals surface area contributed by atoms with Gasteiger partial charge in [0.2, 0.25) is 0 Å². The van der Waals surface area contributed by atoms with Crippen molar-refractivity contribution in [2.75, 3.05) is 0 Å². The van der Waals surface area contributed by atoms with E-state index in [2.05, 4.69) is 25.8 Å². The van der Waals surface area contributed by atoms with E-state index < -0.39 is 0 Å². The van der Waals surface area contributed by atoms with Crippen molar-refractivity contribution in [3.8, 4) is 0 Å². The Morgan fingerprint density at radius 1 is 0.850 bits per heavy atom. The summed E-state index contributed by atoms with van der Waals surface area (Å²) in [7, 11) is 0. The first-order chi connectivity index (χ1) is 9.81. The zero-order chi connectivity index (χ0) is 14.6. The maximum atomic E-state index is 4.89. The van der Waals surface area contributed by atoms with Crippen molar-refractivity contribution < 1.29 is 0 Å². The molecular formula is C18H32N2. The molecule has 0 saturated carbocycles. The number of aryl methyl sites for hydroxylation is 1. The van der Waals surface area contributed by atoms with Gasteiger partial charge >= 0.3 is 0 Å². The lowest BCUT2D eigenvalue weighted by Crippen LogP contribution is -2.05. The minimum atomic E-state index is 0.619. The lowest BCUT2D eigenvalue weighted by molar-refractivity contribution is 0.511. The number of unbranched alkanes of at least 4 members (excludes halogenated alkanes) is 4. The Bertz CT molecular complexity index is 341. The van der Waals surface area contributed by atoms with Crippen LogP contribution in [0, 0.1) is 0 Å². The van der Waals surface area contributed by atoms with Crippen molar-refractivity contribution in [1.82, 2.24) is 9.97 Å². The minimum absolute atomic E-state index is 0.619. The fourth-order valence-corrected chi connectivity index (χ4v) is 2.64. The Balaban J connectivity index is 2.65. The summed E-state index contributed by atoms with van der Waals surface area (Å²) in [5.74, 6) is 0.619. The van der Waals surface area contributed by atoms with Crippen LogP contribution >= 0.6 is 0 Å². The molecule has 0 bridgehead atoms. The molecule has 0 N–H and O–H groups in total. The lowest BCUT2D eigenvalue weighted by atomic mass is 9.93. The highest BCUT2D eigenvalue weighted by Crippen LogP contribution is 2.26. The molecule has 0 amide bonds. The van der Waals surface area contributed by atoms with Crippen molar-refractivity contribution >= 4 is 0 Å². The maximum Gasteiger partial charge on any atom is 0.0620 e. The fourth-order valence-electron chi connectivity index (χ4n) is 2.64. The van der Waals surface area contributed by atoms with Gasteiger partial charge in [0.05, 0.1) is 11.4 Å². The summed E-state index contributed by atoms with van der Waals surface area (Å²) in [6.07, 6.45) is 16.5. The first-order valence-electron chi connectivity index (χ1n) is 8.62. The van der Waals surface area contributed by atoms with Crippen molar-refractivity contribution in [1.29, 1.82) is 0 Å². The van der Waals surface area contributed by atoms with Gasteiger partial charge in [-0.1, -0.05) is 59.3 Å². The third-order valence-electron chi connectivity index (χ3n) is 3.97. The Kier molecular flexibility index (Phi) is 9.27. The molecule has 1 aromatic heterocycles. The number of hydrogen-bond acceptors (Lipinski definition) is 2. The molecule has 0 aromatic carbocycles. The summed E-state index contributed by atoms with van der Waals surface area (Å²) in [5.41, 5.74) is 2.43. The van der Waals surface area contributed by atoms with Crippen LogP contribution in [0.25, 0.3) is 0 Å². The lowest BCUT2D eigenvalue weighted by Gasteiger charge is -2.16. The highest BCUT2D eigenvalue weighted by atomic mass is 14.8. The predicted octanol–water partition coefficient (Wildman–Crippen LogP) is 5.67. The van der Waals surface area contributed by atoms with Crippen LogP contribution in [0.2, 0.25) is 0 Å². The fraction of sp³-hybridized carbons (Fsp3) is 0.778. The summed E-state index contributed by atoms with van der Waals surface area (Å²) < 4.78 is 0. The highest BCUT2D eigenvalue weighted by Gasteiger charge is 2.13. The molecular weight excluding hydrogens is 244 g/mol. The summed E-state index contributed by atoms with van der Waals surface area (Å²) >= 11 is 0. The van der Waals surface area contributed by atoms with E-state index in [1.54, 1.807) is 0 Å². The van der Waals surface area contributed by atoms with Crippen LogP contribution in [-0.4, -0.2) is 9.97 Å². The molecule has 0 radical (unpaired) electrons. The molecule has 114 valence electrons. The van der Waals surface area contributed by atoms with E-state index in [1.807, 2.05) is 12.4 Å². The number of hydrogen-bond donors (Lipinski definition) is 0. The zero-order valence-electron chi connectivity index (χ0n) is 13.7. The molecule has 2 nitrogen and oxygen atoms in total. The van der Waals surface area contributed by atoms with E-state index >= 15 is 0 Å². The monoisotopic (exact) mass is 276 g/mol. The van der Waals surface area contributed by atoms with Gasteiger partial charge in [-0.25, -0.2) is 0 Å². The quantitative estimate of drug-likeness (QED) is 0.486. The van der Waals surface area contributed by atoms with E-state index in [4.69, 9.17) is 4.98 Å². The molecule has 1 rings (SSSR count). The number of aromatic nitrogens is 2. The highest BCUT2D eigenvalue weighted by molar-refractivity contribution is 5.08. The molecule has 2 heteroatoms. The third-order valence-corrected chi connectivity index (χ3v) is 3.97. The first kappa shape index (κ1) is 17.1. The predicted molar refractivity (Wildman–Crippen MR) is 87.1 cm³/mol. The Labute approximate surface area is 125 Å². The van der Waals surface area contributed by atoms with Gasteiger partial charge in [-0.15, -0.1) is 0 Å². The van der Waals surface area contributed by atoms with E-state index in [9.17, 15) is 0 Å². The van der Waals surface area contributed by atoms with Gasteiger partial charge in [-0.3, -0.25) is 9.97 Å². The van der Waals surface area contributed by atoms with Gasteiger partial charge in [0.25, 0.3) is 0 Å². The summed E-state index contributed by atoms with van der Waals surface area (Å²) in [6.45, 7) is 6.78. The smallest absolute Gasteiger partial charge is 0.0620 e. The van der Waals surface area contributed by atoms with Gasteiger partial charge in [0.15, 0.2) is 0 Å². The Morgan fingerprint density at radius 2 is 1.50 bits per heavy atom. The van der Waals surface area contributed by atoms with Crippen LogP contribution < -0.4 is 0 Å². The van der Waals surface area contributed by atoms with Crippen molar-refractivity contribution in [2.24, 2.45) is 0 Å². The Morgan fingerprint density at radius 3 is 2.10 bits per heavy atom. The molecule has 0 aliphatic heterocycles. The second-order valence-electron chi connectivity index (χ2n) is 5.87. The molecule has 20 heavy (non-hydrogen) atoms. The van der Waals surface area contributed by atoms with E-state index in [-0.39, 0.29) is 0 Å². The number of nitrogens with zero attached hydrogens (tertiary/aromatic N) is 2. The van der Waals surface area contributed by atoms with Crippen molar-refractivity contribution in [3.05, 3.63) is 23.8 Å². The summed E-state index contributed by atoms with van der Waals surface area (Å²) in [4.78, 5) is 9.33. The average molecular weight is 276 g/mol. The standard InChI is InChI=1S/C18H32N2/c1-4-7-10-13-17-14-19-15-18(20-17)16(11-8-5-2)12-9-6-3/h14-16H,4-13H2,1-3H3. The SMILES string of the molecule is CCCCCc1cncc(C(CCCC)CCCC)n1. The molecule has 0 atom stereocenters. The van der Waals surface area contributed by atoms with Gasteiger partial charge in [0, 0.05) is 18.3 Å². The van der Waals surface area contributed by atoms with Gasteiger partial charge in [0.1, 0.15) is 0 Å². The summed E-state index contributed by atoms with van der Waals surface area (Å²) in [6, 6.07) is 0. The summed E-state index contributed by atoms with van der Waals surface area (Å²) in [5, 5.41) is 0. The van der Waals surface area contributed by atoms with Crippen LogP contribution in [-0.2, 0) is 6.42 Å². The van der Waals surface area contributed by atoms with Gasteiger partial charge in [-0.2, -0.15) is 0 Å². The third kappa shape index (κ3) is 6.49. The molecule has 0 aliphatic rings. The largest absolute Gasteiger partial charge is 0.261 e. The molecule has 0 spiro atoms. The van der Waals surface area contributed by atoms with Gasteiger partial charge in [-0.05, 0) is 25.7 Å².